The summed E-state index contributed by atoms with van der Waals surface area (Å²) in [6.07, 6.45) is -0.585. The molecule has 0 fully saturated rings. The third kappa shape index (κ3) is 7.80. The molecule has 0 aromatic heterocycles. The van der Waals surface area contributed by atoms with Crippen LogP contribution in [0.5, 0.6) is 0 Å². The van der Waals surface area contributed by atoms with Crippen molar-refractivity contribution < 1.29 is 35.9 Å². The molecule has 1 aromatic carbocycles. The summed E-state index contributed by atoms with van der Waals surface area (Å²) in [6, 6.07) is 4.65. The summed E-state index contributed by atoms with van der Waals surface area (Å²) in [7, 11) is -4.04. The maximum absolute atomic E-state index is 12.4. The Kier molecular flexibility index (Phi) is 7.52. The number of nitrogens with one attached hydrogen (secondary N) is 2. The maximum Gasteiger partial charge on any atom is 0.516 e. The Labute approximate surface area is 167 Å². The van der Waals surface area contributed by atoms with E-state index in [-0.39, 0.29) is 17.9 Å². The van der Waals surface area contributed by atoms with Gasteiger partial charge in [0.15, 0.2) is 0 Å². The van der Waals surface area contributed by atoms with Crippen molar-refractivity contribution in [3.05, 3.63) is 24.3 Å². The summed E-state index contributed by atoms with van der Waals surface area (Å²) in [5, 5.41) is 2.54. The Balaban J connectivity index is 2.67. The van der Waals surface area contributed by atoms with Crippen LogP contribution < -0.4 is 10.0 Å². The van der Waals surface area contributed by atoms with Crippen LogP contribution in [0.25, 0.3) is 0 Å². The first-order valence-corrected chi connectivity index (χ1v) is 9.94. The normalized spacial score (nSPS) is 13.4. The second-order valence-electron chi connectivity index (χ2n) is 7.38. The Hall–Kier alpha value is -2.50. The SMILES string of the molecule is C[C@H](CN(C)C(=O)OC(C)(C)C)C(=O)Nc1ccc(NS(=O)(=O)C(F)(F)F)cc1. The van der Waals surface area contributed by atoms with E-state index in [2.05, 4.69) is 5.32 Å². The number of amides is 2. The molecule has 0 radical (unpaired) electrons. The van der Waals surface area contributed by atoms with Gasteiger partial charge in [0, 0.05) is 25.0 Å². The molecule has 2 amide bonds. The van der Waals surface area contributed by atoms with Crippen LogP contribution in [0.3, 0.4) is 0 Å². The van der Waals surface area contributed by atoms with Crippen molar-refractivity contribution in [3.63, 3.8) is 0 Å². The van der Waals surface area contributed by atoms with Gasteiger partial charge in [0.1, 0.15) is 5.60 Å². The monoisotopic (exact) mass is 439 g/mol. The predicted octanol–water partition coefficient (Wildman–Crippen LogP) is 3.39. The number of nitrogens with zero attached hydrogens (tertiary/aromatic N) is 1. The molecular weight excluding hydrogens is 415 g/mol. The van der Waals surface area contributed by atoms with Crippen LogP contribution in [0.2, 0.25) is 0 Å². The Morgan fingerprint density at radius 3 is 2.03 bits per heavy atom. The highest BCUT2D eigenvalue weighted by Crippen LogP contribution is 2.26. The van der Waals surface area contributed by atoms with Crippen LogP contribution in [-0.2, 0) is 19.6 Å². The topological polar surface area (TPSA) is 105 Å². The molecule has 0 heterocycles. The molecular formula is C17H24F3N3O5S. The number of carbonyl (C=O) groups is 2. The number of hydrogen-bond acceptors (Lipinski definition) is 5. The van der Waals surface area contributed by atoms with Gasteiger partial charge in [-0.3, -0.25) is 9.52 Å². The lowest BCUT2D eigenvalue weighted by molar-refractivity contribution is -0.119. The van der Waals surface area contributed by atoms with Gasteiger partial charge in [-0.25, -0.2) is 4.79 Å². The van der Waals surface area contributed by atoms with Gasteiger partial charge in [0.05, 0.1) is 5.92 Å². The molecule has 0 unspecified atom stereocenters. The van der Waals surface area contributed by atoms with Crippen molar-refractivity contribution in [2.45, 2.75) is 38.8 Å². The summed E-state index contributed by atoms with van der Waals surface area (Å²) < 4.78 is 65.8. The van der Waals surface area contributed by atoms with Gasteiger partial charge in [-0.15, -0.1) is 0 Å². The van der Waals surface area contributed by atoms with Crippen LogP contribution in [-0.4, -0.2) is 50.0 Å². The quantitative estimate of drug-likeness (QED) is 0.707. The minimum absolute atomic E-state index is 0.0736. The zero-order valence-corrected chi connectivity index (χ0v) is 17.4. The van der Waals surface area contributed by atoms with Crippen LogP contribution in [0.4, 0.5) is 29.3 Å². The number of alkyl halides is 3. The molecule has 1 rings (SSSR count). The fraction of sp³-hybridized carbons (Fsp3) is 0.529. The number of sulfonamides is 1. The molecule has 0 saturated heterocycles. The minimum atomic E-state index is -5.52. The van der Waals surface area contributed by atoms with Gasteiger partial charge in [0.2, 0.25) is 5.91 Å². The van der Waals surface area contributed by atoms with Gasteiger partial charge in [-0.2, -0.15) is 21.6 Å². The summed E-state index contributed by atoms with van der Waals surface area (Å²) in [4.78, 5) is 25.4. The van der Waals surface area contributed by atoms with E-state index in [1.165, 1.54) is 28.8 Å². The fourth-order valence-corrected chi connectivity index (χ4v) is 2.57. The Morgan fingerprint density at radius 1 is 1.10 bits per heavy atom. The molecule has 0 aliphatic rings. The van der Waals surface area contributed by atoms with Crippen LogP contribution >= 0.6 is 0 Å². The standard InChI is InChI=1S/C17H24F3N3O5S/c1-11(10-23(5)15(25)28-16(2,3)4)14(24)21-12-6-8-13(9-7-12)22-29(26,27)17(18,19)20/h6-9,11,22H,10H2,1-5H3,(H,21,24)/t11-/m1/s1. The largest absolute Gasteiger partial charge is 0.516 e. The van der Waals surface area contributed by atoms with Gasteiger partial charge < -0.3 is 15.0 Å². The van der Waals surface area contributed by atoms with Gasteiger partial charge in [0.25, 0.3) is 0 Å². The lowest BCUT2D eigenvalue weighted by Crippen LogP contribution is -2.39. The van der Waals surface area contributed by atoms with Crippen molar-refractivity contribution in [2.24, 2.45) is 5.92 Å². The minimum Gasteiger partial charge on any atom is -0.444 e. The third-order valence-electron chi connectivity index (χ3n) is 3.41. The Bertz CT molecular complexity index is 833. The molecule has 0 saturated carbocycles. The summed E-state index contributed by atoms with van der Waals surface area (Å²) in [6.45, 7) is 6.81. The summed E-state index contributed by atoms with van der Waals surface area (Å²) >= 11 is 0. The maximum atomic E-state index is 12.4. The van der Waals surface area contributed by atoms with E-state index < -0.39 is 39.1 Å². The zero-order valence-electron chi connectivity index (χ0n) is 16.6. The summed E-state index contributed by atoms with van der Waals surface area (Å²) in [5.41, 5.74) is -6.17. The average Bonchev–Trinajstić information content (AvgIpc) is 2.53. The number of hydrogen-bond donors (Lipinski definition) is 2. The van der Waals surface area contributed by atoms with Crippen molar-refractivity contribution >= 4 is 33.4 Å². The van der Waals surface area contributed by atoms with E-state index in [1.807, 2.05) is 0 Å². The van der Waals surface area contributed by atoms with Crippen molar-refractivity contribution in [2.75, 3.05) is 23.6 Å². The average molecular weight is 439 g/mol. The van der Waals surface area contributed by atoms with Crippen molar-refractivity contribution in [1.29, 1.82) is 0 Å². The number of halogens is 3. The van der Waals surface area contributed by atoms with E-state index in [0.29, 0.717) is 0 Å². The lowest BCUT2D eigenvalue weighted by Gasteiger charge is -2.26. The molecule has 2 N–H and O–H groups in total. The number of benzene rings is 1. The number of rotatable bonds is 6. The molecule has 29 heavy (non-hydrogen) atoms. The smallest absolute Gasteiger partial charge is 0.444 e. The van der Waals surface area contributed by atoms with Crippen LogP contribution in [0, 0.1) is 5.92 Å². The van der Waals surface area contributed by atoms with Crippen molar-refractivity contribution in [3.8, 4) is 0 Å². The Morgan fingerprint density at radius 2 is 1.59 bits per heavy atom. The second kappa shape index (κ2) is 8.89. The first-order valence-electron chi connectivity index (χ1n) is 8.46. The molecule has 1 aromatic rings. The molecule has 0 bridgehead atoms. The zero-order chi connectivity index (χ0) is 22.6. The first kappa shape index (κ1) is 24.5. The number of ether oxygens (including phenoxy) is 1. The lowest BCUT2D eigenvalue weighted by atomic mass is 10.1. The van der Waals surface area contributed by atoms with Crippen LogP contribution in [0.15, 0.2) is 24.3 Å². The van der Waals surface area contributed by atoms with E-state index in [0.717, 1.165) is 12.1 Å². The highest BCUT2D eigenvalue weighted by molar-refractivity contribution is 7.93. The summed E-state index contributed by atoms with van der Waals surface area (Å²) in [5.74, 6) is -1.06. The molecule has 0 aliphatic heterocycles. The number of carbonyl (C=O) groups excluding carboxylic acids is 2. The van der Waals surface area contributed by atoms with Gasteiger partial charge >= 0.3 is 21.6 Å². The molecule has 0 aliphatic carbocycles. The predicted molar refractivity (Wildman–Crippen MR) is 102 cm³/mol. The van der Waals surface area contributed by atoms with Gasteiger partial charge in [-0.1, -0.05) is 6.92 Å². The van der Waals surface area contributed by atoms with Crippen molar-refractivity contribution in [1.82, 2.24) is 4.90 Å². The van der Waals surface area contributed by atoms with Crippen LogP contribution in [0.1, 0.15) is 27.7 Å². The van der Waals surface area contributed by atoms with E-state index in [1.54, 1.807) is 27.7 Å². The second-order valence-corrected chi connectivity index (χ2v) is 9.05. The molecule has 164 valence electrons. The van der Waals surface area contributed by atoms with E-state index in [9.17, 15) is 31.2 Å². The number of anilines is 2. The van der Waals surface area contributed by atoms with E-state index >= 15 is 0 Å². The first-order chi connectivity index (χ1) is 13.0. The molecule has 12 heteroatoms. The third-order valence-corrected chi connectivity index (χ3v) is 4.52. The highest BCUT2D eigenvalue weighted by Gasteiger charge is 2.46. The molecule has 8 nitrogen and oxygen atoms in total. The molecule has 1 atom stereocenters. The molecule has 0 spiro atoms. The van der Waals surface area contributed by atoms with Gasteiger partial charge in [-0.05, 0) is 45.0 Å². The highest BCUT2D eigenvalue weighted by atomic mass is 32.2. The fourth-order valence-electron chi connectivity index (χ4n) is 2.01. The van der Waals surface area contributed by atoms with E-state index in [4.69, 9.17) is 4.74 Å².